The van der Waals surface area contributed by atoms with E-state index in [4.69, 9.17) is 11.6 Å². The highest BCUT2D eigenvalue weighted by molar-refractivity contribution is 6.35. The molecule has 1 heterocycles. The molecule has 0 aliphatic heterocycles. The summed E-state index contributed by atoms with van der Waals surface area (Å²) >= 11 is 6.44. The Hall–Kier alpha value is -2.66. The summed E-state index contributed by atoms with van der Waals surface area (Å²) in [5.74, 6) is -1.26. The van der Waals surface area contributed by atoms with Crippen LogP contribution in [0.2, 0.25) is 5.02 Å². The second-order valence-electron chi connectivity index (χ2n) is 5.81. The van der Waals surface area contributed by atoms with Gasteiger partial charge in [-0.3, -0.25) is 4.79 Å². The highest BCUT2D eigenvalue weighted by Gasteiger charge is 2.22. The van der Waals surface area contributed by atoms with E-state index < -0.39 is 11.9 Å². The standard InChI is InChI=1S/C19H17ClFN3O/c1-11-9-10-14(13-7-5-4-6-8-13)17(16(11)20)22-19(25)15-12(2)23-24(3)18(15)21/h4-10H,1-3H3,(H,22,25). The number of hydrogen-bond donors (Lipinski definition) is 1. The summed E-state index contributed by atoms with van der Waals surface area (Å²) in [4.78, 5) is 12.7. The van der Waals surface area contributed by atoms with Gasteiger partial charge >= 0.3 is 0 Å². The molecule has 2 aromatic carbocycles. The van der Waals surface area contributed by atoms with Crippen molar-refractivity contribution in [3.63, 3.8) is 0 Å². The van der Waals surface area contributed by atoms with Gasteiger partial charge in [0.25, 0.3) is 5.91 Å². The second kappa shape index (κ2) is 6.69. The lowest BCUT2D eigenvalue weighted by molar-refractivity contribution is 0.102. The molecule has 1 amide bonds. The molecule has 1 N–H and O–H groups in total. The van der Waals surface area contributed by atoms with E-state index in [-0.39, 0.29) is 5.56 Å². The van der Waals surface area contributed by atoms with Crippen LogP contribution in [-0.2, 0) is 7.05 Å². The van der Waals surface area contributed by atoms with Crippen LogP contribution in [0.5, 0.6) is 0 Å². The molecule has 0 fully saturated rings. The van der Waals surface area contributed by atoms with Crippen LogP contribution >= 0.6 is 11.6 Å². The van der Waals surface area contributed by atoms with Crippen molar-refractivity contribution in [1.29, 1.82) is 0 Å². The van der Waals surface area contributed by atoms with E-state index in [0.29, 0.717) is 16.4 Å². The molecule has 0 saturated heterocycles. The molecule has 25 heavy (non-hydrogen) atoms. The zero-order chi connectivity index (χ0) is 18.1. The molecule has 0 radical (unpaired) electrons. The van der Waals surface area contributed by atoms with Crippen LogP contribution in [0.1, 0.15) is 21.6 Å². The molecular formula is C19H17ClFN3O. The number of anilines is 1. The number of amides is 1. The first-order valence-corrected chi connectivity index (χ1v) is 8.13. The van der Waals surface area contributed by atoms with Crippen molar-refractivity contribution < 1.29 is 9.18 Å². The van der Waals surface area contributed by atoms with Crippen LogP contribution in [0.4, 0.5) is 10.1 Å². The Labute approximate surface area is 150 Å². The van der Waals surface area contributed by atoms with Gasteiger partial charge in [0.15, 0.2) is 0 Å². The lowest BCUT2D eigenvalue weighted by Crippen LogP contribution is -2.15. The first-order valence-electron chi connectivity index (χ1n) is 7.75. The van der Waals surface area contributed by atoms with Crippen LogP contribution in [0, 0.1) is 19.8 Å². The number of nitrogens with zero attached hydrogens (tertiary/aromatic N) is 2. The maximum absolute atomic E-state index is 14.2. The summed E-state index contributed by atoms with van der Waals surface area (Å²) in [6.07, 6.45) is 0. The Balaban J connectivity index is 2.08. The summed E-state index contributed by atoms with van der Waals surface area (Å²) in [7, 11) is 1.45. The minimum Gasteiger partial charge on any atom is -0.320 e. The molecular weight excluding hydrogens is 341 g/mol. The van der Waals surface area contributed by atoms with Crippen molar-refractivity contribution in [3.8, 4) is 11.1 Å². The van der Waals surface area contributed by atoms with Crippen molar-refractivity contribution in [2.75, 3.05) is 5.32 Å². The Morgan fingerprint density at radius 1 is 1.16 bits per heavy atom. The quantitative estimate of drug-likeness (QED) is 0.735. The van der Waals surface area contributed by atoms with Gasteiger partial charge in [-0.25, -0.2) is 4.68 Å². The van der Waals surface area contributed by atoms with E-state index in [0.717, 1.165) is 21.4 Å². The molecule has 3 aromatic rings. The summed E-state index contributed by atoms with van der Waals surface area (Å²) in [6, 6.07) is 13.3. The number of carbonyl (C=O) groups excluding carboxylic acids is 1. The first-order chi connectivity index (χ1) is 11.9. The highest BCUT2D eigenvalue weighted by atomic mass is 35.5. The van der Waals surface area contributed by atoms with Crippen molar-refractivity contribution in [2.24, 2.45) is 7.05 Å². The minimum absolute atomic E-state index is 0.0842. The van der Waals surface area contributed by atoms with Crippen molar-refractivity contribution in [1.82, 2.24) is 9.78 Å². The predicted octanol–water partition coefficient (Wildman–Crippen LogP) is 4.75. The largest absolute Gasteiger partial charge is 0.320 e. The summed E-state index contributed by atoms with van der Waals surface area (Å²) in [5.41, 5.74) is 3.19. The zero-order valence-corrected chi connectivity index (χ0v) is 14.9. The Bertz CT molecular complexity index is 951. The Morgan fingerprint density at radius 2 is 1.84 bits per heavy atom. The number of carbonyl (C=O) groups is 1. The third kappa shape index (κ3) is 3.15. The summed E-state index contributed by atoms with van der Waals surface area (Å²) in [5, 5.41) is 7.13. The molecule has 0 atom stereocenters. The van der Waals surface area contributed by atoms with E-state index in [1.165, 1.54) is 7.05 Å². The normalized spacial score (nSPS) is 10.8. The third-order valence-electron chi connectivity index (χ3n) is 4.04. The molecule has 0 spiro atoms. The molecule has 3 rings (SSSR count). The second-order valence-corrected chi connectivity index (χ2v) is 6.19. The van der Waals surface area contributed by atoms with E-state index in [2.05, 4.69) is 10.4 Å². The van der Waals surface area contributed by atoms with Crippen LogP contribution in [0.3, 0.4) is 0 Å². The fourth-order valence-corrected chi connectivity index (χ4v) is 2.94. The monoisotopic (exact) mass is 357 g/mol. The maximum atomic E-state index is 14.2. The van der Waals surface area contributed by atoms with Crippen LogP contribution in [0.15, 0.2) is 42.5 Å². The van der Waals surface area contributed by atoms with Gasteiger partial charge < -0.3 is 5.32 Å². The minimum atomic E-state index is -0.681. The van der Waals surface area contributed by atoms with Crippen molar-refractivity contribution >= 4 is 23.2 Å². The number of aryl methyl sites for hydroxylation is 3. The number of nitrogens with one attached hydrogen (secondary N) is 1. The van der Waals surface area contributed by atoms with Gasteiger partial charge in [0, 0.05) is 12.6 Å². The predicted molar refractivity (Wildman–Crippen MR) is 97.5 cm³/mol. The molecule has 128 valence electrons. The topological polar surface area (TPSA) is 46.9 Å². The van der Waals surface area contributed by atoms with Crippen LogP contribution in [0.25, 0.3) is 11.1 Å². The van der Waals surface area contributed by atoms with E-state index in [1.807, 2.05) is 49.4 Å². The average molecular weight is 358 g/mol. The van der Waals surface area contributed by atoms with E-state index in [9.17, 15) is 9.18 Å². The third-order valence-corrected chi connectivity index (χ3v) is 4.52. The Kier molecular flexibility index (Phi) is 4.59. The van der Waals surface area contributed by atoms with Gasteiger partial charge in [0.2, 0.25) is 5.95 Å². The smallest absolute Gasteiger partial charge is 0.262 e. The Morgan fingerprint density at radius 3 is 2.44 bits per heavy atom. The maximum Gasteiger partial charge on any atom is 0.262 e. The number of benzene rings is 2. The molecule has 0 unspecified atom stereocenters. The fraction of sp³-hybridized carbons (Fsp3) is 0.158. The number of halogens is 2. The molecule has 0 aliphatic carbocycles. The summed E-state index contributed by atoms with van der Waals surface area (Å²) in [6.45, 7) is 3.44. The molecule has 4 nitrogen and oxygen atoms in total. The van der Waals surface area contributed by atoms with E-state index in [1.54, 1.807) is 6.92 Å². The molecule has 0 bridgehead atoms. The zero-order valence-electron chi connectivity index (χ0n) is 14.1. The van der Waals surface area contributed by atoms with Gasteiger partial charge in [0.1, 0.15) is 5.56 Å². The summed E-state index contributed by atoms with van der Waals surface area (Å²) < 4.78 is 15.2. The lowest BCUT2D eigenvalue weighted by atomic mass is 10.0. The van der Waals surface area contributed by atoms with Gasteiger partial charge in [-0.15, -0.1) is 0 Å². The van der Waals surface area contributed by atoms with Crippen molar-refractivity contribution in [3.05, 3.63) is 70.3 Å². The van der Waals surface area contributed by atoms with Crippen LogP contribution < -0.4 is 5.32 Å². The van der Waals surface area contributed by atoms with E-state index >= 15 is 0 Å². The SMILES string of the molecule is Cc1ccc(-c2ccccc2)c(NC(=O)c2c(C)nn(C)c2F)c1Cl. The molecule has 6 heteroatoms. The first kappa shape index (κ1) is 17.2. The lowest BCUT2D eigenvalue weighted by Gasteiger charge is -2.15. The number of rotatable bonds is 3. The number of hydrogen-bond acceptors (Lipinski definition) is 2. The number of aromatic nitrogens is 2. The molecule has 0 saturated carbocycles. The van der Waals surface area contributed by atoms with Gasteiger partial charge in [-0.2, -0.15) is 9.49 Å². The van der Waals surface area contributed by atoms with Gasteiger partial charge in [0.05, 0.1) is 16.4 Å². The molecule has 0 aliphatic rings. The van der Waals surface area contributed by atoms with Crippen LogP contribution in [-0.4, -0.2) is 15.7 Å². The molecule has 1 aromatic heterocycles. The van der Waals surface area contributed by atoms with Crippen molar-refractivity contribution in [2.45, 2.75) is 13.8 Å². The highest BCUT2D eigenvalue weighted by Crippen LogP contribution is 2.36. The average Bonchev–Trinajstić information content (AvgIpc) is 2.85. The fourth-order valence-electron chi connectivity index (χ4n) is 2.72. The van der Waals surface area contributed by atoms with Gasteiger partial charge in [-0.05, 0) is 25.0 Å². The van der Waals surface area contributed by atoms with Gasteiger partial charge in [-0.1, -0.05) is 54.1 Å².